The maximum absolute atomic E-state index is 13.6. The molecule has 0 unspecified atom stereocenters. The second-order valence-electron chi connectivity index (χ2n) is 9.88. The molecule has 1 aliphatic heterocycles. The van der Waals surface area contributed by atoms with E-state index in [0.717, 1.165) is 5.56 Å². The van der Waals surface area contributed by atoms with Crippen molar-refractivity contribution in [2.45, 2.75) is 29.7 Å². The summed E-state index contributed by atoms with van der Waals surface area (Å²) in [6, 6.07) is 20.6. The molecule has 1 aliphatic rings. The van der Waals surface area contributed by atoms with Gasteiger partial charge in [-0.2, -0.15) is 0 Å². The third kappa shape index (κ3) is 8.25. The molecule has 0 aromatic heterocycles. The Hall–Kier alpha value is -4.13. The maximum atomic E-state index is 13.6. The summed E-state index contributed by atoms with van der Waals surface area (Å²) in [6.07, 6.45) is 0.948. The zero-order chi connectivity index (χ0) is 30.7. The summed E-state index contributed by atoms with van der Waals surface area (Å²) in [6.45, 7) is 0.655. The Morgan fingerprint density at radius 2 is 1.77 bits per heavy atom. The Balaban J connectivity index is 1.49. The van der Waals surface area contributed by atoms with Gasteiger partial charge in [-0.05, 0) is 73.0 Å². The van der Waals surface area contributed by atoms with Crippen molar-refractivity contribution in [3.05, 3.63) is 83.9 Å². The van der Waals surface area contributed by atoms with E-state index >= 15 is 0 Å². The number of benzene rings is 3. The predicted octanol–water partition coefficient (Wildman–Crippen LogP) is 2.71. The fourth-order valence-corrected chi connectivity index (χ4v) is 5.90. The molecule has 43 heavy (non-hydrogen) atoms. The van der Waals surface area contributed by atoms with Gasteiger partial charge < -0.3 is 24.1 Å². The Kier molecular flexibility index (Phi) is 11.0. The monoisotopic (exact) mass is 611 g/mol. The van der Waals surface area contributed by atoms with Gasteiger partial charge >= 0.3 is 0 Å². The van der Waals surface area contributed by atoms with Crippen LogP contribution in [-0.2, 0) is 25.8 Å². The largest absolute Gasteiger partial charge is 0.497 e. The number of aliphatic imine (C=N–C) groups is 1. The van der Waals surface area contributed by atoms with E-state index in [2.05, 4.69) is 15.8 Å². The average Bonchev–Trinajstić information content (AvgIpc) is 3.49. The third-order valence-electron chi connectivity index (χ3n) is 6.95. The van der Waals surface area contributed by atoms with E-state index in [0.29, 0.717) is 48.8 Å². The third-order valence-corrected chi connectivity index (χ3v) is 8.69. The number of carbonyl (C=O) groups is 1. The van der Waals surface area contributed by atoms with E-state index in [1.54, 1.807) is 62.8 Å². The lowest BCUT2D eigenvalue weighted by Gasteiger charge is -2.23. The van der Waals surface area contributed by atoms with Crippen LogP contribution in [0.2, 0.25) is 0 Å². The number of nitrogens with zero attached hydrogens (tertiary/aromatic N) is 1. The van der Waals surface area contributed by atoms with Gasteiger partial charge in [0.25, 0.3) is 5.91 Å². The molecular weight excluding hydrogens is 574 g/mol. The molecule has 0 spiro atoms. The van der Waals surface area contributed by atoms with Crippen LogP contribution >= 0.6 is 0 Å². The second-order valence-corrected chi connectivity index (χ2v) is 12.0. The van der Waals surface area contributed by atoms with E-state index in [1.807, 2.05) is 12.1 Å². The number of carbonyl (C=O) groups excluding carboxylic acids is 1. The van der Waals surface area contributed by atoms with E-state index in [-0.39, 0.29) is 36.2 Å². The Bertz CT molecular complexity index is 1500. The molecule has 3 aromatic carbocycles. The molecule has 0 saturated heterocycles. The molecule has 1 atom stereocenters. The molecule has 230 valence electrons. The van der Waals surface area contributed by atoms with Gasteiger partial charge in [0.15, 0.2) is 15.4 Å². The van der Waals surface area contributed by atoms with E-state index in [4.69, 9.17) is 24.1 Å². The maximum Gasteiger partial charge on any atom is 0.265 e. The van der Waals surface area contributed by atoms with Crippen LogP contribution in [0.4, 0.5) is 0 Å². The van der Waals surface area contributed by atoms with E-state index in [9.17, 15) is 13.2 Å². The summed E-state index contributed by atoms with van der Waals surface area (Å²) in [7, 11) is -0.510. The Labute approximate surface area is 251 Å². The zero-order valence-corrected chi connectivity index (χ0v) is 25.1. The lowest BCUT2D eigenvalue weighted by atomic mass is 9.98. The van der Waals surface area contributed by atoms with Crippen LogP contribution in [0, 0.1) is 0 Å². The van der Waals surface area contributed by atoms with E-state index < -0.39 is 21.3 Å². The Morgan fingerprint density at radius 3 is 2.47 bits per heavy atom. The quantitative estimate of drug-likeness (QED) is 0.164. The number of sulfone groups is 1. The highest BCUT2D eigenvalue weighted by molar-refractivity contribution is 7.91. The number of nitrogens with one attached hydrogen (secondary N) is 2. The highest BCUT2D eigenvalue weighted by Crippen LogP contribution is 2.29. The minimum Gasteiger partial charge on any atom is -0.497 e. The molecule has 3 N–H and O–H groups in total. The van der Waals surface area contributed by atoms with Crippen molar-refractivity contribution in [1.82, 2.24) is 10.9 Å². The van der Waals surface area contributed by atoms with Crippen molar-refractivity contribution < 1.29 is 37.3 Å². The zero-order valence-electron chi connectivity index (χ0n) is 24.2. The van der Waals surface area contributed by atoms with Crippen molar-refractivity contribution in [3.63, 3.8) is 0 Å². The summed E-state index contributed by atoms with van der Waals surface area (Å²) in [4.78, 5) is 18.4. The molecule has 4 rings (SSSR count). The minimum atomic E-state index is -3.68. The first kappa shape index (κ1) is 31.8. The molecule has 0 aliphatic carbocycles. The van der Waals surface area contributed by atoms with Crippen molar-refractivity contribution in [3.8, 4) is 17.2 Å². The highest BCUT2D eigenvalue weighted by Gasteiger charge is 2.45. The van der Waals surface area contributed by atoms with Gasteiger partial charge in [0.2, 0.25) is 5.90 Å². The van der Waals surface area contributed by atoms with Gasteiger partial charge in [0, 0.05) is 25.1 Å². The molecule has 12 heteroatoms. The van der Waals surface area contributed by atoms with Gasteiger partial charge in [-0.3, -0.25) is 10.2 Å². The van der Waals surface area contributed by atoms with Crippen molar-refractivity contribution in [2.75, 3.05) is 46.3 Å². The van der Waals surface area contributed by atoms with Crippen LogP contribution in [0.1, 0.15) is 24.0 Å². The molecule has 0 bridgehead atoms. The lowest BCUT2D eigenvalue weighted by molar-refractivity contribution is -0.127. The summed E-state index contributed by atoms with van der Waals surface area (Å²) < 4.78 is 48.4. The fourth-order valence-electron chi connectivity index (χ4n) is 4.48. The van der Waals surface area contributed by atoms with Gasteiger partial charge in [-0.1, -0.05) is 18.2 Å². The van der Waals surface area contributed by atoms with Crippen molar-refractivity contribution in [2.24, 2.45) is 4.99 Å². The number of aliphatic hydroxyl groups is 1. The SMILES string of the molecule is COc1ccc(OC)c(CCNNC(=O)[C@]2(CCS(=O)(=O)c3ccccc3)COC(c3ccc(OCCCO)cc3)=N2)c1. The van der Waals surface area contributed by atoms with Gasteiger partial charge in [-0.25, -0.2) is 18.8 Å². The number of rotatable bonds is 16. The first-order chi connectivity index (χ1) is 20.8. The number of hydrogen-bond acceptors (Lipinski definition) is 10. The number of hydrogen-bond donors (Lipinski definition) is 3. The van der Waals surface area contributed by atoms with Crippen molar-refractivity contribution in [1.29, 1.82) is 0 Å². The number of ether oxygens (including phenoxy) is 4. The number of hydrazine groups is 1. The molecule has 11 nitrogen and oxygen atoms in total. The molecule has 1 amide bonds. The average molecular weight is 612 g/mol. The van der Waals surface area contributed by atoms with Crippen LogP contribution in [0.25, 0.3) is 0 Å². The first-order valence-electron chi connectivity index (χ1n) is 13.9. The highest BCUT2D eigenvalue weighted by atomic mass is 32.2. The van der Waals surface area contributed by atoms with Gasteiger partial charge in [0.1, 0.15) is 23.9 Å². The van der Waals surface area contributed by atoms with Crippen LogP contribution in [-0.4, -0.2) is 77.2 Å². The van der Waals surface area contributed by atoms with Crippen LogP contribution in [0.15, 0.2) is 82.7 Å². The summed E-state index contributed by atoms with van der Waals surface area (Å²) in [5.41, 5.74) is 5.67. The molecule has 0 fully saturated rings. The number of aliphatic hydroxyl groups excluding tert-OH is 1. The fraction of sp³-hybridized carbons (Fsp3) is 0.355. The summed E-state index contributed by atoms with van der Waals surface area (Å²) in [5, 5.41) is 8.95. The Morgan fingerprint density at radius 1 is 1.02 bits per heavy atom. The molecule has 1 heterocycles. The van der Waals surface area contributed by atoms with Crippen LogP contribution < -0.4 is 25.1 Å². The normalized spacial score (nSPS) is 16.2. The standard InChI is InChI=1S/C31H37N3O8S/c1-39-26-13-14-28(40-2)24(21-26)15-17-32-34-30(36)31(16-20-43(37,38)27-7-4-3-5-8-27)22-42-29(33-31)23-9-11-25(12-10-23)41-19-6-18-35/h3-5,7-14,21,32,35H,6,15-20,22H2,1-2H3,(H,34,36)/t31-/m0/s1. The first-order valence-corrected chi connectivity index (χ1v) is 15.5. The second kappa shape index (κ2) is 14.9. The summed E-state index contributed by atoms with van der Waals surface area (Å²) >= 11 is 0. The number of amides is 1. The van der Waals surface area contributed by atoms with Crippen LogP contribution in [0.5, 0.6) is 17.2 Å². The lowest BCUT2D eigenvalue weighted by Crippen LogP contribution is -2.52. The van der Waals surface area contributed by atoms with Gasteiger partial charge in [0.05, 0.1) is 31.5 Å². The van der Waals surface area contributed by atoms with E-state index in [1.165, 1.54) is 12.1 Å². The predicted molar refractivity (Wildman–Crippen MR) is 161 cm³/mol. The molecule has 0 radical (unpaired) electrons. The van der Waals surface area contributed by atoms with Gasteiger partial charge in [-0.15, -0.1) is 0 Å². The molecule has 0 saturated carbocycles. The van der Waals surface area contributed by atoms with Crippen LogP contribution in [0.3, 0.4) is 0 Å². The summed E-state index contributed by atoms with van der Waals surface area (Å²) in [5.74, 6) is 1.42. The number of methoxy groups -OCH3 is 2. The smallest absolute Gasteiger partial charge is 0.265 e. The topological polar surface area (TPSA) is 145 Å². The molecular formula is C31H37N3O8S. The van der Waals surface area contributed by atoms with Crippen molar-refractivity contribution >= 4 is 21.6 Å². The minimum absolute atomic E-state index is 0.0386. The molecule has 3 aromatic rings.